The molecule has 1 saturated carbocycles. The molecule has 6 nitrogen and oxygen atoms in total. The van der Waals surface area contributed by atoms with E-state index in [4.69, 9.17) is 4.74 Å². The molecule has 1 aromatic carbocycles. The van der Waals surface area contributed by atoms with Crippen LogP contribution in [-0.4, -0.2) is 55.2 Å². The van der Waals surface area contributed by atoms with Crippen molar-refractivity contribution in [1.82, 2.24) is 8.61 Å². The van der Waals surface area contributed by atoms with Gasteiger partial charge in [0.1, 0.15) is 18.6 Å². The fourth-order valence-electron chi connectivity index (χ4n) is 5.72. The Bertz CT molecular complexity index is 1010. The molecule has 10 heteroatoms. The average Bonchev–Trinajstić information content (AvgIpc) is 3.10. The number of benzene rings is 1. The molecule has 2 aliphatic carbocycles. The van der Waals surface area contributed by atoms with E-state index in [1.807, 2.05) is 13.0 Å². The summed E-state index contributed by atoms with van der Waals surface area (Å²) < 4.78 is 73.9. The Morgan fingerprint density at radius 3 is 2.50 bits per heavy atom. The first-order chi connectivity index (χ1) is 15.0. The molecule has 0 aromatic heterocycles. The highest BCUT2D eigenvalue weighted by molar-refractivity contribution is 7.87. The Labute approximate surface area is 186 Å². The third kappa shape index (κ3) is 3.86. The van der Waals surface area contributed by atoms with Crippen LogP contribution in [0.15, 0.2) is 35.9 Å². The molecule has 1 aromatic rings. The highest BCUT2D eigenvalue weighted by atomic mass is 32.2. The van der Waals surface area contributed by atoms with Gasteiger partial charge in [0.2, 0.25) is 0 Å². The standard InChI is InChI=1S/C22H27F3N2O4S/c1-15-9-18-5-6-19(10-17(15)12-28)21(18)13-26(14-22(23,24)25)32(29,30)27(21)11-16-3-7-20(31-2)8-4-16/h3-4,7-9,12,17-19H,5-6,10-11,13-14H2,1-2H3. The number of carbonyl (C=O) groups excluding carboxylic acids is 1. The van der Waals surface area contributed by atoms with E-state index in [2.05, 4.69) is 0 Å². The van der Waals surface area contributed by atoms with Crippen LogP contribution in [0.2, 0.25) is 0 Å². The minimum absolute atomic E-state index is 0.0354. The minimum Gasteiger partial charge on any atom is -0.497 e. The van der Waals surface area contributed by atoms with Crippen LogP contribution >= 0.6 is 0 Å². The van der Waals surface area contributed by atoms with Gasteiger partial charge >= 0.3 is 6.18 Å². The Kier molecular flexibility index (Phi) is 5.92. The number of allylic oxidation sites excluding steroid dienone is 1. The van der Waals surface area contributed by atoms with Crippen LogP contribution in [0.25, 0.3) is 0 Å². The highest BCUT2D eigenvalue weighted by Crippen LogP contribution is 2.56. The van der Waals surface area contributed by atoms with Crippen LogP contribution in [-0.2, 0) is 21.5 Å². The number of ether oxygens (including phenoxy) is 1. The lowest BCUT2D eigenvalue weighted by molar-refractivity contribution is -0.136. The molecule has 0 N–H and O–H groups in total. The summed E-state index contributed by atoms with van der Waals surface area (Å²) in [5, 5.41) is 0. The normalized spacial score (nSPS) is 32.7. The molecule has 0 amide bonds. The van der Waals surface area contributed by atoms with Gasteiger partial charge in [0, 0.05) is 19.0 Å². The van der Waals surface area contributed by atoms with Gasteiger partial charge in [0.25, 0.3) is 10.2 Å². The fourth-order valence-corrected chi connectivity index (χ4v) is 7.77. The molecule has 2 bridgehead atoms. The number of alkyl halides is 3. The summed E-state index contributed by atoms with van der Waals surface area (Å²) in [6.07, 6.45) is -0.0535. The van der Waals surface area contributed by atoms with Crippen LogP contribution in [0, 0.1) is 17.8 Å². The van der Waals surface area contributed by atoms with E-state index < -0.39 is 28.5 Å². The van der Waals surface area contributed by atoms with E-state index >= 15 is 0 Å². The van der Waals surface area contributed by atoms with Crippen molar-refractivity contribution in [1.29, 1.82) is 0 Å². The molecule has 1 heterocycles. The number of methoxy groups -OCH3 is 1. The molecular formula is C22H27F3N2O4S. The van der Waals surface area contributed by atoms with Crippen LogP contribution in [0.3, 0.4) is 0 Å². The number of aldehydes is 1. The zero-order valence-corrected chi connectivity index (χ0v) is 18.8. The van der Waals surface area contributed by atoms with Crippen LogP contribution in [0.1, 0.15) is 31.7 Å². The van der Waals surface area contributed by atoms with Gasteiger partial charge < -0.3 is 9.53 Å². The Morgan fingerprint density at radius 1 is 1.22 bits per heavy atom. The molecule has 176 valence electrons. The van der Waals surface area contributed by atoms with E-state index in [1.54, 1.807) is 24.3 Å². The van der Waals surface area contributed by atoms with Crippen LogP contribution in [0.5, 0.6) is 5.75 Å². The van der Waals surface area contributed by atoms with E-state index in [1.165, 1.54) is 11.4 Å². The first kappa shape index (κ1) is 23.3. The number of halogens is 3. The van der Waals surface area contributed by atoms with Crippen molar-refractivity contribution in [3.8, 4) is 5.75 Å². The zero-order chi connectivity index (χ0) is 23.3. The van der Waals surface area contributed by atoms with E-state index in [-0.39, 0.29) is 30.8 Å². The summed E-state index contributed by atoms with van der Waals surface area (Å²) in [5.74, 6) is -0.191. The molecule has 3 aliphatic rings. The van der Waals surface area contributed by atoms with Gasteiger partial charge in [-0.25, -0.2) is 0 Å². The topological polar surface area (TPSA) is 66.9 Å². The highest BCUT2D eigenvalue weighted by Gasteiger charge is 2.65. The molecule has 4 atom stereocenters. The number of rotatable bonds is 5. The van der Waals surface area contributed by atoms with E-state index in [0.29, 0.717) is 34.9 Å². The van der Waals surface area contributed by atoms with Gasteiger partial charge in [-0.15, -0.1) is 0 Å². The summed E-state index contributed by atoms with van der Waals surface area (Å²) in [6, 6.07) is 6.85. The summed E-state index contributed by atoms with van der Waals surface area (Å²) in [7, 11) is -2.85. The van der Waals surface area contributed by atoms with Crippen molar-refractivity contribution in [3.63, 3.8) is 0 Å². The van der Waals surface area contributed by atoms with E-state index in [0.717, 1.165) is 11.9 Å². The second-order valence-corrected chi connectivity index (χ2v) is 10.9. The van der Waals surface area contributed by atoms with Crippen molar-refractivity contribution < 1.29 is 31.1 Å². The Morgan fingerprint density at radius 2 is 1.91 bits per heavy atom. The molecule has 1 spiro atoms. The zero-order valence-electron chi connectivity index (χ0n) is 18.0. The second kappa shape index (κ2) is 8.14. The summed E-state index contributed by atoms with van der Waals surface area (Å²) in [6.45, 7) is 0.0652. The maximum absolute atomic E-state index is 13.5. The molecule has 4 unspecified atom stereocenters. The summed E-state index contributed by atoms with van der Waals surface area (Å²) in [5.41, 5.74) is 0.518. The SMILES string of the molecule is COc1ccc(CN2C3(CN(CC(F)(F)F)S2(=O)=O)C2C=C(C)C(C=O)CC3CC2)cc1. The Balaban J connectivity index is 1.80. The first-order valence-corrected chi connectivity index (χ1v) is 12.0. The largest absolute Gasteiger partial charge is 0.497 e. The van der Waals surface area contributed by atoms with Crippen LogP contribution < -0.4 is 4.74 Å². The van der Waals surface area contributed by atoms with Crippen LogP contribution in [0.4, 0.5) is 13.2 Å². The predicted molar refractivity (Wildman–Crippen MR) is 112 cm³/mol. The number of hydrogen-bond acceptors (Lipinski definition) is 4. The molecule has 0 radical (unpaired) electrons. The maximum Gasteiger partial charge on any atom is 0.402 e. The smallest absolute Gasteiger partial charge is 0.402 e. The molecular weight excluding hydrogens is 445 g/mol. The van der Waals surface area contributed by atoms with Gasteiger partial charge in [-0.1, -0.05) is 23.8 Å². The second-order valence-electron chi connectivity index (χ2n) is 9.01. The lowest BCUT2D eigenvalue weighted by Crippen LogP contribution is -2.53. The molecule has 2 fully saturated rings. The third-order valence-electron chi connectivity index (χ3n) is 7.27. The van der Waals surface area contributed by atoms with Gasteiger partial charge in [0.05, 0.1) is 12.6 Å². The predicted octanol–water partition coefficient (Wildman–Crippen LogP) is 3.55. The number of hydrogen-bond donors (Lipinski definition) is 0. The van der Waals surface area contributed by atoms with Crippen molar-refractivity contribution in [2.75, 3.05) is 20.2 Å². The number of nitrogens with zero attached hydrogens (tertiary/aromatic N) is 2. The van der Waals surface area contributed by atoms with Gasteiger partial charge in [-0.2, -0.15) is 30.2 Å². The van der Waals surface area contributed by atoms with Crippen molar-refractivity contribution in [3.05, 3.63) is 41.5 Å². The quantitative estimate of drug-likeness (QED) is 0.486. The minimum atomic E-state index is -4.65. The molecule has 32 heavy (non-hydrogen) atoms. The number of carbonyl (C=O) groups is 1. The monoisotopic (exact) mass is 472 g/mol. The van der Waals surface area contributed by atoms with Crippen molar-refractivity contribution in [2.45, 2.75) is 44.4 Å². The van der Waals surface area contributed by atoms with Crippen molar-refractivity contribution >= 4 is 16.5 Å². The van der Waals surface area contributed by atoms with Gasteiger partial charge in [-0.3, -0.25) is 0 Å². The molecule has 4 rings (SSSR count). The van der Waals surface area contributed by atoms with Gasteiger partial charge in [-0.05, 0) is 55.7 Å². The van der Waals surface area contributed by atoms with Crippen molar-refractivity contribution in [2.24, 2.45) is 17.8 Å². The average molecular weight is 473 g/mol. The maximum atomic E-state index is 13.5. The lowest BCUT2D eigenvalue weighted by atomic mass is 9.78. The fraction of sp³-hybridized carbons (Fsp3) is 0.591. The van der Waals surface area contributed by atoms with Gasteiger partial charge in [0.15, 0.2) is 0 Å². The molecule has 1 saturated heterocycles. The summed E-state index contributed by atoms with van der Waals surface area (Å²) >= 11 is 0. The van der Waals surface area contributed by atoms with E-state index in [9.17, 15) is 26.4 Å². The Hall–Kier alpha value is -1.91. The summed E-state index contributed by atoms with van der Waals surface area (Å²) in [4.78, 5) is 11.7. The first-order valence-electron chi connectivity index (χ1n) is 10.6. The molecule has 1 aliphatic heterocycles. The third-order valence-corrected chi connectivity index (χ3v) is 9.20. The lowest BCUT2D eigenvalue weighted by Gasteiger charge is -2.40.